The molecule has 0 unspecified atom stereocenters. The normalized spacial score (nSPS) is 9.28. The Labute approximate surface area is 110 Å². The molecule has 0 saturated heterocycles. The van der Waals surface area contributed by atoms with Crippen LogP contribution in [0, 0.1) is 0 Å². The number of hydrogen-bond donors (Lipinski definition) is 2. The van der Waals surface area contributed by atoms with Crippen LogP contribution >= 0.6 is 12.2 Å². The van der Waals surface area contributed by atoms with Crippen LogP contribution < -0.4 is 20.1 Å². The number of rotatable bonds is 3. The third kappa shape index (κ3) is 4.10. The summed E-state index contributed by atoms with van der Waals surface area (Å²) in [4.78, 5) is 10.9. The molecule has 0 saturated carbocycles. The molecule has 1 aromatic rings. The van der Waals surface area contributed by atoms with Gasteiger partial charge in [-0.1, -0.05) is 0 Å². The highest BCUT2D eigenvalue weighted by Crippen LogP contribution is 2.25. The quantitative estimate of drug-likeness (QED) is 0.816. The van der Waals surface area contributed by atoms with Crippen LogP contribution in [0.5, 0.6) is 11.5 Å². The maximum Gasteiger partial charge on any atom is 0.413 e. The van der Waals surface area contributed by atoms with E-state index in [4.69, 9.17) is 21.7 Å². The minimum Gasteiger partial charge on any atom is -0.497 e. The number of thiocarbonyl (C=S) groups is 1. The summed E-state index contributed by atoms with van der Waals surface area (Å²) in [5.41, 5.74) is 0.632. The van der Waals surface area contributed by atoms with E-state index in [9.17, 15) is 4.79 Å². The molecule has 0 radical (unpaired) electrons. The Hall–Kier alpha value is -2.02. The Morgan fingerprint density at radius 3 is 2.11 bits per heavy atom. The molecule has 6 nitrogen and oxygen atoms in total. The molecule has 1 aromatic carbocycles. The first kappa shape index (κ1) is 14.0. The Kier molecular flexibility index (Phi) is 5.19. The van der Waals surface area contributed by atoms with Crippen LogP contribution in [0.3, 0.4) is 0 Å². The van der Waals surface area contributed by atoms with Crippen molar-refractivity contribution in [3.05, 3.63) is 18.2 Å². The standard InChI is InChI=1S/C11H14N2O4S/c1-15-8-4-7(5-9(6-8)16-2)12-10(18)13-11(14)17-3/h4-6H,1-3H3,(H2,12,13,14,18). The zero-order chi connectivity index (χ0) is 13.5. The number of nitrogens with one attached hydrogen (secondary N) is 2. The summed E-state index contributed by atoms with van der Waals surface area (Å²) in [7, 11) is 4.35. The molecule has 18 heavy (non-hydrogen) atoms. The van der Waals surface area contributed by atoms with Crippen molar-refractivity contribution in [2.24, 2.45) is 0 Å². The second-order valence-corrected chi connectivity index (χ2v) is 3.58. The van der Waals surface area contributed by atoms with Crippen LogP contribution in [0.1, 0.15) is 0 Å². The molecule has 1 rings (SSSR count). The second kappa shape index (κ2) is 6.65. The van der Waals surface area contributed by atoms with Gasteiger partial charge >= 0.3 is 6.09 Å². The van der Waals surface area contributed by atoms with Crippen molar-refractivity contribution in [2.45, 2.75) is 0 Å². The molecule has 0 aliphatic heterocycles. The summed E-state index contributed by atoms with van der Waals surface area (Å²) in [5, 5.41) is 5.27. The highest BCUT2D eigenvalue weighted by Gasteiger charge is 2.06. The number of amides is 1. The number of hydrogen-bond acceptors (Lipinski definition) is 5. The zero-order valence-electron chi connectivity index (χ0n) is 10.3. The molecule has 0 aromatic heterocycles. The predicted octanol–water partition coefficient (Wildman–Crippen LogP) is 1.76. The SMILES string of the molecule is COC(=O)NC(=S)Nc1cc(OC)cc(OC)c1. The molecule has 98 valence electrons. The Morgan fingerprint density at radius 2 is 1.67 bits per heavy atom. The molecular formula is C11H14N2O4S. The Morgan fingerprint density at radius 1 is 1.11 bits per heavy atom. The van der Waals surface area contributed by atoms with E-state index >= 15 is 0 Å². The lowest BCUT2D eigenvalue weighted by Crippen LogP contribution is -2.33. The van der Waals surface area contributed by atoms with Gasteiger partial charge in [0.1, 0.15) is 11.5 Å². The van der Waals surface area contributed by atoms with Crippen LogP contribution in [0.25, 0.3) is 0 Å². The average molecular weight is 270 g/mol. The fraction of sp³-hybridized carbons (Fsp3) is 0.273. The lowest BCUT2D eigenvalue weighted by molar-refractivity contribution is 0.177. The van der Waals surface area contributed by atoms with E-state index in [-0.39, 0.29) is 5.11 Å². The summed E-state index contributed by atoms with van der Waals surface area (Å²) < 4.78 is 14.6. The zero-order valence-corrected chi connectivity index (χ0v) is 11.1. The first-order valence-electron chi connectivity index (χ1n) is 4.98. The van der Waals surface area contributed by atoms with Crippen molar-refractivity contribution >= 4 is 29.1 Å². The van der Waals surface area contributed by atoms with Gasteiger partial charge in [0.15, 0.2) is 5.11 Å². The van der Waals surface area contributed by atoms with Gasteiger partial charge in [0.2, 0.25) is 0 Å². The Balaban J connectivity index is 2.77. The van der Waals surface area contributed by atoms with E-state index in [1.807, 2.05) is 0 Å². The van der Waals surface area contributed by atoms with Crippen molar-refractivity contribution in [3.8, 4) is 11.5 Å². The van der Waals surface area contributed by atoms with Gasteiger partial charge in [0, 0.05) is 23.9 Å². The topological polar surface area (TPSA) is 68.8 Å². The largest absolute Gasteiger partial charge is 0.497 e. The fourth-order valence-electron chi connectivity index (χ4n) is 1.19. The van der Waals surface area contributed by atoms with E-state index in [2.05, 4.69) is 15.4 Å². The maximum atomic E-state index is 10.9. The molecule has 0 aliphatic carbocycles. The highest BCUT2D eigenvalue weighted by atomic mass is 32.1. The molecule has 1 amide bonds. The highest BCUT2D eigenvalue weighted by molar-refractivity contribution is 7.80. The van der Waals surface area contributed by atoms with Gasteiger partial charge in [-0.2, -0.15) is 0 Å². The van der Waals surface area contributed by atoms with Crippen molar-refractivity contribution in [1.29, 1.82) is 0 Å². The number of carbonyl (C=O) groups is 1. The minimum atomic E-state index is -0.637. The van der Waals surface area contributed by atoms with Gasteiger partial charge in [-0.3, -0.25) is 5.32 Å². The summed E-state index contributed by atoms with van der Waals surface area (Å²) >= 11 is 4.93. The summed E-state index contributed by atoms with van der Waals surface area (Å²) in [6, 6.07) is 5.16. The molecular weight excluding hydrogens is 256 g/mol. The average Bonchev–Trinajstić information content (AvgIpc) is 2.37. The molecule has 0 fully saturated rings. The number of benzene rings is 1. The fourth-order valence-corrected chi connectivity index (χ4v) is 1.39. The van der Waals surface area contributed by atoms with E-state index in [1.165, 1.54) is 7.11 Å². The van der Waals surface area contributed by atoms with E-state index in [0.29, 0.717) is 17.2 Å². The lowest BCUT2D eigenvalue weighted by atomic mass is 10.3. The van der Waals surface area contributed by atoms with Gasteiger partial charge in [0.05, 0.1) is 21.3 Å². The van der Waals surface area contributed by atoms with Crippen LogP contribution in [0.4, 0.5) is 10.5 Å². The van der Waals surface area contributed by atoms with Crippen LogP contribution in [-0.2, 0) is 4.74 Å². The molecule has 7 heteroatoms. The van der Waals surface area contributed by atoms with E-state index in [1.54, 1.807) is 32.4 Å². The molecule has 2 N–H and O–H groups in total. The lowest BCUT2D eigenvalue weighted by Gasteiger charge is -2.11. The molecule has 0 spiro atoms. The Bertz CT molecular complexity index is 428. The first-order valence-corrected chi connectivity index (χ1v) is 5.39. The number of alkyl carbamates (subject to hydrolysis) is 1. The summed E-state index contributed by atoms with van der Waals surface area (Å²) in [5.74, 6) is 1.22. The minimum absolute atomic E-state index is 0.122. The third-order valence-electron chi connectivity index (χ3n) is 2.01. The predicted molar refractivity (Wildman–Crippen MR) is 71.3 cm³/mol. The van der Waals surface area contributed by atoms with Crippen molar-refractivity contribution in [2.75, 3.05) is 26.6 Å². The van der Waals surface area contributed by atoms with Crippen molar-refractivity contribution in [3.63, 3.8) is 0 Å². The number of ether oxygens (including phenoxy) is 3. The first-order chi connectivity index (χ1) is 8.58. The van der Waals surface area contributed by atoms with Gasteiger partial charge in [-0.05, 0) is 12.2 Å². The van der Waals surface area contributed by atoms with Crippen LogP contribution in [-0.4, -0.2) is 32.5 Å². The van der Waals surface area contributed by atoms with Gasteiger partial charge in [-0.25, -0.2) is 4.79 Å². The number of carbonyl (C=O) groups excluding carboxylic acids is 1. The molecule has 0 bridgehead atoms. The molecule has 0 atom stereocenters. The molecule has 0 aliphatic rings. The summed E-state index contributed by atoms with van der Waals surface area (Å²) in [6.07, 6.45) is -0.637. The monoisotopic (exact) mass is 270 g/mol. The number of anilines is 1. The smallest absolute Gasteiger partial charge is 0.413 e. The maximum absolute atomic E-state index is 10.9. The van der Waals surface area contributed by atoms with Crippen molar-refractivity contribution in [1.82, 2.24) is 5.32 Å². The third-order valence-corrected chi connectivity index (χ3v) is 2.21. The second-order valence-electron chi connectivity index (χ2n) is 3.17. The van der Waals surface area contributed by atoms with E-state index < -0.39 is 6.09 Å². The van der Waals surface area contributed by atoms with Crippen LogP contribution in [0.2, 0.25) is 0 Å². The van der Waals surface area contributed by atoms with Gasteiger partial charge < -0.3 is 19.5 Å². The van der Waals surface area contributed by atoms with Gasteiger partial charge in [-0.15, -0.1) is 0 Å². The van der Waals surface area contributed by atoms with E-state index in [0.717, 1.165) is 0 Å². The number of methoxy groups -OCH3 is 3. The van der Waals surface area contributed by atoms with Crippen molar-refractivity contribution < 1.29 is 19.0 Å². The van der Waals surface area contributed by atoms with Crippen LogP contribution in [0.15, 0.2) is 18.2 Å². The van der Waals surface area contributed by atoms with Gasteiger partial charge in [0.25, 0.3) is 0 Å². The summed E-state index contributed by atoms with van der Waals surface area (Å²) in [6.45, 7) is 0. The molecule has 0 heterocycles.